The highest BCUT2D eigenvalue weighted by Gasteiger charge is 2.12. The molecule has 4 nitrogen and oxygen atoms in total. The average Bonchev–Trinajstić information content (AvgIpc) is 2.66. The number of hydrogen-bond acceptors (Lipinski definition) is 3. The summed E-state index contributed by atoms with van der Waals surface area (Å²) in [5.74, 6) is 0.619. The molecule has 98 valence electrons. The number of unbranched alkanes of at least 4 members (excludes halogenated alkanes) is 3. The molecule has 0 aliphatic heterocycles. The molecule has 0 spiro atoms. The number of aromatic nitrogens is 3. The number of rotatable bonds is 8. The summed E-state index contributed by atoms with van der Waals surface area (Å²) >= 11 is 0. The zero-order chi connectivity index (χ0) is 12.7. The SMILES string of the molecule is CCCCCCn1nnc(CN)c1CC(C)C. The molecule has 0 bridgehead atoms. The first-order chi connectivity index (χ1) is 8.19. The predicted molar refractivity (Wildman–Crippen MR) is 70.6 cm³/mol. The quantitative estimate of drug-likeness (QED) is 0.708. The van der Waals surface area contributed by atoms with Gasteiger partial charge in [0.15, 0.2) is 0 Å². The van der Waals surface area contributed by atoms with Crippen LogP contribution in [0.25, 0.3) is 0 Å². The Balaban J connectivity index is 2.60. The first kappa shape index (κ1) is 14.2. The molecule has 1 heterocycles. The second kappa shape index (κ2) is 7.43. The van der Waals surface area contributed by atoms with E-state index in [-0.39, 0.29) is 0 Å². The van der Waals surface area contributed by atoms with Crippen LogP contribution in [0, 0.1) is 5.92 Å². The number of hydrogen-bond donors (Lipinski definition) is 1. The van der Waals surface area contributed by atoms with Crippen LogP contribution < -0.4 is 5.73 Å². The van der Waals surface area contributed by atoms with E-state index in [4.69, 9.17) is 5.73 Å². The molecule has 1 aromatic heterocycles. The minimum absolute atomic E-state index is 0.497. The molecule has 4 heteroatoms. The molecule has 0 amide bonds. The first-order valence-electron chi connectivity index (χ1n) is 6.80. The van der Waals surface area contributed by atoms with E-state index in [0.29, 0.717) is 12.5 Å². The van der Waals surface area contributed by atoms with Crippen LogP contribution in [-0.4, -0.2) is 15.0 Å². The number of aryl methyl sites for hydroxylation is 1. The highest BCUT2D eigenvalue weighted by atomic mass is 15.4. The van der Waals surface area contributed by atoms with E-state index < -0.39 is 0 Å². The molecule has 0 aromatic carbocycles. The van der Waals surface area contributed by atoms with Crippen LogP contribution in [0.4, 0.5) is 0 Å². The molecule has 1 aromatic rings. The van der Waals surface area contributed by atoms with Gasteiger partial charge in [-0.1, -0.05) is 45.2 Å². The lowest BCUT2D eigenvalue weighted by Gasteiger charge is -2.09. The molecule has 0 aliphatic rings. The maximum Gasteiger partial charge on any atom is 0.0994 e. The Morgan fingerprint density at radius 1 is 1.24 bits per heavy atom. The molecule has 0 atom stereocenters. The lowest BCUT2D eigenvalue weighted by atomic mass is 10.1. The molecule has 0 aliphatic carbocycles. The topological polar surface area (TPSA) is 56.7 Å². The lowest BCUT2D eigenvalue weighted by molar-refractivity contribution is 0.495. The molecular weight excluding hydrogens is 212 g/mol. The van der Waals surface area contributed by atoms with Gasteiger partial charge in [-0.2, -0.15) is 0 Å². The van der Waals surface area contributed by atoms with Crippen LogP contribution in [0.3, 0.4) is 0 Å². The van der Waals surface area contributed by atoms with Crippen LogP contribution >= 0.6 is 0 Å². The van der Waals surface area contributed by atoms with E-state index >= 15 is 0 Å². The summed E-state index contributed by atoms with van der Waals surface area (Å²) in [6.45, 7) is 8.14. The molecular formula is C13H26N4. The fraction of sp³-hybridized carbons (Fsp3) is 0.846. The van der Waals surface area contributed by atoms with Gasteiger partial charge in [0.05, 0.1) is 11.4 Å². The smallest absolute Gasteiger partial charge is 0.0994 e. The predicted octanol–water partition coefficient (Wildman–Crippen LogP) is 2.52. The van der Waals surface area contributed by atoms with Crippen molar-refractivity contribution >= 4 is 0 Å². The second-order valence-corrected chi connectivity index (χ2v) is 5.07. The third-order valence-electron chi connectivity index (χ3n) is 2.94. The van der Waals surface area contributed by atoms with Gasteiger partial charge >= 0.3 is 0 Å². The maximum absolute atomic E-state index is 5.70. The molecule has 0 fully saturated rings. The summed E-state index contributed by atoms with van der Waals surface area (Å²) in [6, 6.07) is 0. The Morgan fingerprint density at radius 2 is 2.00 bits per heavy atom. The van der Waals surface area contributed by atoms with E-state index in [1.54, 1.807) is 0 Å². The Bertz CT molecular complexity index is 317. The molecule has 0 saturated heterocycles. The van der Waals surface area contributed by atoms with Gasteiger partial charge in [-0.15, -0.1) is 5.10 Å². The molecule has 1 rings (SSSR count). The van der Waals surface area contributed by atoms with Gasteiger partial charge in [-0.3, -0.25) is 0 Å². The van der Waals surface area contributed by atoms with Crippen LogP contribution in [-0.2, 0) is 19.5 Å². The summed E-state index contributed by atoms with van der Waals surface area (Å²) < 4.78 is 2.05. The van der Waals surface area contributed by atoms with Crippen molar-refractivity contribution in [2.24, 2.45) is 11.7 Å². The highest BCUT2D eigenvalue weighted by molar-refractivity contribution is 5.10. The lowest BCUT2D eigenvalue weighted by Crippen LogP contribution is -2.10. The summed E-state index contributed by atoms with van der Waals surface area (Å²) in [4.78, 5) is 0. The Hall–Kier alpha value is -0.900. The summed E-state index contributed by atoms with van der Waals surface area (Å²) in [5.41, 5.74) is 7.90. The van der Waals surface area contributed by atoms with Crippen molar-refractivity contribution in [3.8, 4) is 0 Å². The van der Waals surface area contributed by atoms with Gasteiger partial charge in [-0.05, 0) is 18.8 Å². The van der Waals surface area contributed by atoms with Gasteiger partial charge in [0.1, 0.15) is 0 Å². The third-order valence-corrected chi connectivity index (χ3v) is 2.94. The summed E-state index contributed by atoms with van der Waals surface area (Å²) in [6.07, 6.45) is 6.05. The molecule has 17 heavy (non-hydrogen) atoms. The van der Waals surface area contributed by atoms with Crippen molar-refractivity contribution in [1.29, 1.82) is 0 Å². The normalized spacial score (nSPS) is 11.4. The standard InChI is InChI=1S/C13H26N4/c1-4-5-6-7-8-17-13(9-11(2)3)12(10-14)15-16-17/h11H,4-10,14H2,1-3H3. The van der Waals surface area contributed by atoms with Crippen molar-refractivity contribution in [1.82, 2.24) is 15.0 Å². The van der Waals surface area contributed by atoms with Gasteiger partial charge in [0, 0.05) is 13.1 Å². The number of nitrogens with two attached hydrogens (primary N) is 1. The summed E-state index contributed by atoms with van der Waals surface area (Å²) in [5, 5.41) is 8.40. The number of nitrogens with zero attached hydrogens (tertiary/aromatic N) is 3. The molecule has 2 N–H and O–H groups in total. The third kappa shape index (κ3) is 4.46. The van der Waals surface area contributed by atoms with E-state index in [1.165, 1.54) is 31.4 Å². The largest absolute Gasteiger partial charge is 0.325 e. The molecule has 0 radical (unpaired) electrons. The zero-order valence-corrected chi connectivity index (χ0v) is 11.4. The van der Waals surface area contributed by atoms with Crippen LogP contribution in [0.5, 0.6) is 0 Å². The average molecular weight is 238 g/mol. The van der Waals surface area contributed by atoms with Crippen molar-refractivity contribution in [3.05, 3.63) is 11.4 Å². The van der Waals surface area contributed by atoms with E-state index in [0.717, 1.165) is 18.7 Å². The van der Waals surface area contributed by atoms with Crippen LogP contribution in [0.2, 0.25) is 0 Å². The van der Waals surface area contributed by atoms with E-state index in [2.05, 4.69) is 35.8 Å². The molecule has 0 saturated carbocycles. The highest BCUT2D eigenvalue weighted by Crippen LogP contribution is 2.12. The molecule has 0 unspecified atom stereocenters. The van der Waals surface area contributed by atoms with Gasteiger partial charge in [0.2, 0.25) is 0 Å². The Labute approximate surface area is 105 Å². The fourth-order valence-electron chi connectivity index (χ4n) is 2.01. The van der Waals surface area contributed by atoms with Crippen LogP contribution in [0.1, 0.15) is 57.8 Å². The van der Waals surface area contributed by atoms with E-state index in [1.807, 2.05) is 0 Å². The fourth-order valence-corrected chi connectivity index (χ4v) is 2.01. The Kier molecular flexibility index (Phi) is 6.19. The van der Waals surface area contributed by atoms with Crippen molar-refractivity contribution in [3.63, 3.8) is 0 Å². The van der Waals surface area contributed by atoms with Gasteiger partial charge < -0.3 is 5.73 Å². The summed E-state index contributed by atoms with van der Waals surface area (Å²) in [7, 11) is 0. The zero-order valence-electron chi connectivity index (χ0n) is 11.4. The van der Waals surface area contributed by atoms with Crippen molar-refractivity contribution < 1.29 is 0 Å². The Morgan fingerprint density at radius 3 is 2.59 bits per heavy atom. The van der Waals surface area contributed by atoms with Crippen LogP contribution in [0.15, 0.2) is 0 Å². The first-order valence-corrected chi connectivity index (χ1v) is 6.80. The second-order valence-electron chi connectivity index (χ2n) is 5.07. The van der Waals surface area contributed by atoms with Crippen molar-refractivity contribution in [2.75, 3.05) is 0 Å². The minimum atomic E-state index is 0.497. The monoisotopic (exact) mass is 238 g/mol. The van der Waals surface area contributed by atoms with E-state index in [9.17, 15) is 0 Å². The minimum Gasteiger partial charge on any atom is -0.325 e. The van der Waals surface area contributed by atoms with Gasteiger partial charge in [0.25, 0.3) is 0 Å². The van der Waals surface area contributed by atoms with Crippen molar-refractivity contribution in [2.45, 2.75) is 66.0 Å². The van der Waals surface area contributed by atoms with Gasteiger partial charge in [-0.25, -0.2) is 4.68 Å². The maximum atomic E-state index is 5.70.